The Morgan fingerprint density at radius 3 is 2.86 bits per heavy atom. The van der Waals surface area contributed by atoms with Crippen molar-refractivity contribution in [3.05, 3.63) is 77.9 Å². The Labute approximate surface area is 204 Å². The second-order valence-electron chi connectivity index (χ2n) is 9.02. The third-order valence-electron chi connectivity index (χ3n) is 6.85. The van der Waals surface area contributed by atoms with Crippen molar-refractivity contribution >= 4 is 39.2 Å². The van der Waals surface area contributed by atoms with Crippen LogP contribution in [0.2, 0.25) is 0 Å². The van der Waals surface area contributed by atoms with E-state index in [1.807, 2.05) is 24.3 Å². The van der Waals surface area contributed by atoms with Gasteiger partial charge in [-0.05, 0) is 48.1 Å². The summed E-state index contributed by atoms with van der Waals surface area (Å²) >= 11 is 1.17. The average molecular weight is 488 g/mol. The summed E-state index contributed by atoms with van der Waals surface area (Å²) in [7, 11) is 0. The maximum atomic E-state index is 13.8. The Kier molecular flexibility index (Phi) is 5.21. The van der Waals surface area contributed by atoms with Crippen LogP contribution < -0.4 is 11.1 Å². The first kappa shape index (κ1) is 21.7. The highest BCUT2D eigenvalue weighted by molar-refractivity contribution is 7.19. The van der Waals surface area contributed by atoms with Crippen LogP contribution in [0.3, 0.4) is 0 Å². The lowest BCUT2D eigenvalue weighted by Gasteiger charge is -2.27. The molecule has 2 fully saturated rings. The lowest BCUT2D eigenvalue weighted by molar-refractivity contribution is 0.0691. The van der Waals surface area contributed by atoms with Crippen molar-refractivity contribution in [3.63, 3.8) is 0 Å². The van der Waals surface area contributed by atoms with Crippen LogP contribution in [0, 0.1) is 17.7 Å². The van der Waals surface area contributed by atoms with E-state index in [1.54, 1.807) is 29.3 Å². The minimum Gasteiger partial charge on any atom is -0.375 e. The van der Waals surface area contributed by atoms with Crippen LogP contribution in [-0.2, 0) is 0 Å². The standard InChI is InChI=1S/C26H22FN5O2S/c27-17-7-1-5-15(10-17)23-22(31-26(28)35-23)25(34)32-13-16-11-19(16)20(32)12-30-24(33)18-8-2-4-14-6-3-9-29-21(14)18/h1-10,16,19-20H,11-13H2,(H2,28,31)(H,30,33)/t16-,19-,20+/m0/s1. The molecule has 9 heteroatoms. The average Bonchev–Trinajstić information content (AvgIpc) is 3.38. The minimum atomic E-state index is -0.390. The second kappa shape index (κ2) is 8.42. The fourth-order valence-corrected chi connectivity index (χ4v) is 5.91. The Balaban J connectivity index is 1.23. The van der Waals surface area contributed by atoms with Gasteiger partial charge in [0.1, 0.15) is 11.5 Å². The topological polar surface area (TPSA) is 101 Å². The van der Waals surface area contributed by atoms with Gasteiger partial charge >= 0.3 is 0 Å². The first-order valence-corrected chi connectivity index (χ1v) is 12.3. The van der Waals surface area contributed by atoms with E-state index in [2.05, 4.69) is 15.3 Å². The number of hydrogen-bond acceptors (Lipinski definition) is 6. The van der Waals surface area contributed by atoms with Crippen LogP contribution >= 0.6 is 11.3 Å². The molecule has 1 saturated heterocycles. The summed E-state index contributed by atoms with van der Waals surface area (Å²) in [6.07, 6.45) is 2.71. The number of amides is 2. The minimum absolute atomic E-state index is 0.136. The largest absolute Gasteiger partial charge is 0.375 e. The molecule has 1 aliphatic heterocycles. The monoisotopic (exact) mass is 487 g/mol. The number of rotatable bonds is 5. The van der Waals surface area contributed by atoms with E-state index in [0.29, 0.717) is 46.4 Å². The fourth-order valence-electron chi connectivity index (χ4n) is 5.09. The number of halogens is 1. The molecular formula is C26H22FN5O2S. The number of fused-ring (bicyclic) bond motifs is 2. The van der Waals surface area contributed by atoms with Crippen LogP contribution in [0.4, 0.5) is 9.52 Å². The smallest absolute Gasteiger partial charge is 0.274 e. The van der Waals surface area contributed by atoms with Gasteiger partial charge in [-0.1, -0.05) is 41.7 Å². The van der Waals surface area contributed by atoms with E-state index < -0.39 is 0 Å². The molecule has 3 heterocycles. The van der Waals surface area contributed by atoms with Crippen LogP contribution in [0.25, 0.3) is 21.3 Å². The van der Waals surface area contributed by atoms with Crippen molar-refractivity contribution in [2.75, 3.05) is 18.8 Å². The molecule has 176 valence electrons. The van der Waals surface area contributed by atoms with E-state index in [1.165, 1.54) is 23.5 Å². The first-order valence-electron chi connectivity index (χ1n) is 11.4. The summed E-state index contributed by atoms with van der Waals surface area (Å²) in [5, 5.41) is 4.17. The molecule has 1 saturated carbocycles. The molecule has 6 rings (SSSR count). The van der Waals surface area contributed by atoms with Crippen molar-refractivity contribution in [1.82, 2.24) is 20.2 Å². The van der Waals surface area contributed by atoms with Crippen LogP contribution in [0.1, 0.15) is 27.3 Å². The number of nitrogens with zero attached hydrogens (tertiary/aromatic N) is 3. The molecule has 1 aliphatic carbocycles. The quantitative estimate of drug-likeness (QED) is 0.444. The van der Waals surface area contributed by atoms with Gasteiger partial charge in [0.25, 0.3) is 11.8 Å². The Bertz CT molecular complexity index is 1470. The highest BCUT2D eigenvalue weighted by atomic mass is 32.1. The van der Waals surface area contributed by atoms with Gasteiger partial charge in [-0.15, -0.1) is 0 Å². The molecular weight excluding hydrogens is 465 g/mol. The molecule has 0 radical (unpaired) electrons. The van der Waals surface area contributed by atoms with E-state index in [-0.39, 0.29) is 34.5 Å². The maximum Gasteiger partial charge on any atom is 0.274 e. The number of piperidine rings is 1. The maximum absolute atomic E-state index is 13.8. The fraction of sp³-hybridized carbons (Fsp3) is 0.231. The first-order chi connectivity index (χ1) is 17.0. The van der Waals surface area contributed by atoms with Crippen LogP contribution in [-0.4, -0.2) is 45.8 Å². The van der Waals surface area contributed by atoms with Gasteiger partial charge in [0.15, 0.2) is 5.13 Å². The van der Waals surface area contributed by atoms with Gasteiger partial charge in [0.2, 0.25) is 0 Å². The highest BCUT2D eigenvalue weighted by Gasteiger charge is 2.54. The van der Waals surface area contributed by atoms with Gasteiger partial charge in [-0.25, -0.2) is 9.37 Å². The summed E-state index contributed by atoms with van der Waals surface area (Å²) in [6, 6.07) is 15.2. The van der Waals surface area contributed by atoms with E-state index >= 15 is 0 Å². The van der Waals surface area contributed by atoms with Crippen LogP contribution in [0.15, 0.2) is 60.8 Å². The molecule has 35 heavy (non-hydrogen) atoms. The normalized spacial score (nSPS) is 20.6. The second-order valence-corrected chi connectivity index (χ2v) is 10.0. The van der Waals surface area contributed by atoms with Crippen molar-refractivity contribution < 1.29 is 14.0 Å². The van der Waals surface area contributed by atoms with Crippen LogP contribution in [0.5, 0.6) is 0 Å². The van der Waals surface area contributed by atoms with E-state index in [0.717, 1.165) is 11.8 Å². The SMILES string of the molecule is Nc1nc(C(=O)N2C[C@@H]3C[C@@H]3[C@H]2CNC(=O)c2cccc3cccnc23)c(-c2cccc(F)c2)s1. The lowest BCUT2D eigenvalue weighted by Crippen LogP contribution is -2.45. The third-order valence-corrected chi connectivity index (χ3v) is 7.78. The van der Waals surface area contributed by atoms with E-state index in [9.17, 15) is 14.0 Å². The molecule has 2 aromatic carbocycles. The number of carbonyl (C=O) groups is 2. The number of anilines is 1. The number of thiazole rings is 1. The molecule has 3 atom stereocenters. The molecule has 4 aromatic rings. The van der Waals surface area contributed by atoms with Crippen molar-refractivity contribution in [2.24, 2.45) is 11.8 Å². The predicted octanol–water partition coefficient (Wildman–Crippen LogP) is 3.97. The zero-order chi connectivity index (χ0) is 24.1. The van der Waals surface area contributed by atoms with Gasteiger partial charge in [-0.2, -0.15) is 0 Å². The number of nitrogens with one attached hydrogen (secondary N) is 1. The Morgan fingerprint density at radius 2 is 2.00 bits per heavy atom. The molecule has 0 bridgehead atoms. The number of likely N-dealkylation sites (tertiary alicyclic amines) is 1. The number of carbonyl (C=O) groups excluding carboxylic acids is 2. The number of para-hydroxylation sites is 1. The van der Waals surface area contributed by atoms with Gasteiger partial charge in [0, 0.05) is 24.7 Å². The Morgan fingerprint density at radius 1 is 1.17 bits per heavy atom. The lowest BCUT2D eigenvalue weighted by atomic mass is 10.1. The molecule has 0 unspecified atom stereocenters. The number of nitrogen functional groups attached to an aromatic ring is 1. The number of aromatic nitrogens is 2. The van der Waals surface area contributed by atoms with Crippen molar-refractivity contribution in [1.29, 1.82) is 0 Å². The molecule has 2 aliphatic rings. The summed E-state index contributed by atoms with van der Waals surface area (Å²) in [4.78, 5) is 37.6. The summed E-state index contributed by atoms with van der Waals surface area (Å²) in [6.45, 7) is 0.948. The van der Waals surface area contributed by atoms with Gasteiger partial charge < -0.3 is 16.0 Å². The molecule has 2 amide bonds. The van der Waals surface area contributed by atoms with Crippen molar-refractivity contribution in [2.45, 2.75) is 12.5 Å². The zero-order valence-electron chi connectivity index (χ0n) is 18.6. The van der Waals surface area contributed by atoms with Gasteiger partial charge in [0.05, 0.1) is 22.0 Å². The summed E-state index contributed by atoms with van der Waals surface area (Å²) in [5.41, 5.74) is 7.90. The molecule has 0 spiro atoms. The predicted molar refractivity (Wildman–Crippen MR) is 132 cm³/mol. The zero-order valence-corrected chi connectivity index (χ0v) is 19.5. The third kappa shape index (κ3) is 3.91. The number of nitrogens with two attached hydrogens (primary N) is 1. The molecule has 3 N–H and O–H groups in total. The molecule has 7 nitrogen and oxygen atoms in total. The highest BCUT2D eigenvalue weighted by Crippen LogP contribution is 2.50. The van der Waals surface area contributed by atoms with Gasteiger partial charge in [-0.3, -0.25) is 14.6 Å². The Hall–Kier alpha value is -3.85. The number of hydrogen-bond donors (Lipinski definition) is 2. The van der Waals surface area contributed by atoms with E-state index in [4.69, 9.17) is 5.73 Å². The van der Waals surface area contributed by atoms with Crippen molar-refractivity contribution in [3.8, 4) is 10.4 Å². The summed E-state index contributed by atoms with van der Waals surface area (Å²) in [5.74, 6) is -0.0781. The number of benzene rings is 2. The number of pyridine rings is 1. The summed E-state index contributed by atoms with van der Waals surface area (Å²) < 4.78 is 13.8. The molecule has 2 aromatic heterocycles.